The van der Waals surface area contributed by atoms with E-state index < -0.39 is 38.3 Å². The number of hydrogen-bond acceptors (Lipinski definition) is 4. The molecule has 0 amide bonds. The first-order valence-corrected chi connectivity index (χ1v) is 7.14. The predicted molar refractivity (Wildman–Crippen MR) is 66.9 cm³/mol. The van der Waals surface area contributed by atoms with Gasteiger partial charge in [-0.3, -0.25) is 0 Å². The van der Waals surface area contributed by atoms with E-state index in [1.165, 1.54) is 0 Å². The van der Waals surface area contributed by atoms with E-state index in [0.717, 1.165) is 12.1 Å². The van der Waals surface area contributed by atoms with Crippen LogP contribution in [0.25, 0.3) is 0 Å². The first kappa shape index (κ1) is 15.8. The van der Waals surface area contributed by atoms with Crippen LogP contribution in [0.5, 0.6) is 0 Å². The molecule has 1 atom stereocenters. The minimum absolute atomic E-state index is 0.0656. The summed E-state index contributed by atoms with van der Waals surface area (Å²) in [5.41, 5.74) is 4.29. The maximum atomic E-state index is 13.6. The molecular weight excluding hydrogens is 278 g/mol. The van der Waals surface area contributed by atoms with Gasteiger partial charge in [0.2, 0.25) is 10.0 Å². The fraction of sp³-hybridized carbons (Fsp3) is 0.455. The fourth-order valence-electron chi connectivity index (χ4n) is 1.54. The average Bonchev–Trinajstić information content (AvgIpc) is 2.32. The van der Waals surface area contributed by atoms with Crippen LogP contribution in [0.3, 0.4) is 0 Å². The molecule has 0 aliphatic rings. The molecular formula is C11H16F2N2O3S. The van der Waals surface area contributed by atoms with Gasteiger partial charge in [0.15, 0.2) is 5.82 Å². The molecule has 0 aliphatic heterocycles. The molecule has 1 rings (SSSR count). The van der Waals surface area contributed by atoms with Crippen LogP contribution in [0.1, 0.15) is 19.8 Å². The van der Waals surface area contributed by atoms with Gasteiger partial charge in [-0.2, -0.15) is 0 Å². The molecule has 1 unspecified atom stereocenters. The molecule has 0 heterocycles. The van der Waals surface area contributed by atoms with Gasteiger partial charge in [-0.25, -0.2) is 21.9 Å². The number of nitrogen functional groups attached to an aromatic ring is 1. The second-order valence-electron chi connectivity index (χ2n) is 4.16. The molecule has 0 aliphatic carbocycles. The molecule has 0 fully saturated rings. The highest BCUT2D eigenvalue weighted by molar-refractivity contribution is 7.89. The Kier molecular flexibility index (Phi) is 5.21. The Morgan fingerprint density at radius 2 is 2.05 bits per heavy atom. The summed E-state index contributed by atoms with van der Waals surface area (Å²) in [6.45, 7) is 1.52. The lowest BCUT2D eigenvalue weighted by Gasteiger charge is -2.14. The molecule has 0 aromatic heterocycles. The molecule has 4 N–H and O–H groups in total. The predicted octanol–water partition coefficient (Wildman–Crippen LogP) is 0.986. The zero-order valence-electron chi connectivity index (χ0n) is 10.4. The van der Waals surface area contributed by atoms with Gasteiger partial charge >= 0.3 is 0 Å². The van der Waals surface area contributed by atoms with Crippen LogP contribution in [-0.4, -0.2) is 26.2 Å². The number of aliphatic hydroxyl groups excluding tert-OH is 1. The molecule has 0 spiro atoms. The summed E-state index contributed by atoms with van der Waals surface area (Å²) in [5.74, 6) is -2.31. The van der Waals surface area contributed by atoms with E-state index in [1.54, 1.807) is 6.92 Å². The third-order valence-electron chi connectivity index (χ3n) is 2.53. The average molecular weight is 294 g/mol. The van der Waals surface area contributed by atoms with E-state index in [1.807, 2.05) is 0 Å². The summed E-state index contributed by atoms with van der Waals surface area (Å²) in [6.07, 6.45) is 0.811. The van der Waals surface area contributed by atoms with Gasteiger partial charge in [0.05, 0.1) is 0 Å². The van der Waals surface area contributed by atoms with E-state index in [9.17, 15) is 17.2 Å². The van der Waals surface area contributed by atoms with Gasteiger partial charge in [-0.05, 0) is 31.9 Å². The summed E-state index contributed by atoms with van der Waals surface area (Å²) in [4.78, 5) is -0.692. The highest BCUT2D eigenvalue weighted by Gasteiger charge is 2.24. The van der Waals surface area contributed by atoms with E-state index in [4.69, 9.17) is 10.8 Å². The first-order chi connectivity index (χ1) is 8.79. The number of hydrogen-bond donors (Lipinski definition) is 3. The molecule has 0 saturated heterocycles. The van der Waals surface area contributed by atoms with Crippen molar-refractivity contribution in [1.82, 2.24) is 4.72 Å². The van der Waals surface area contributed by atoms with Crippen molar-refractivity contribution in [2.45, 2.75) is 30.7 Å². The molecule has 0 bridgehead atoms. The van der Waals surface area contributed by atoms with Crippen LogP contribution < -0.4 is 10.5 Å². The van der Waals surface area contributed by atoms with Crippen LogP contribution >= 0.6 is 0 Å². The van der Waals surface area contributed by atoms with Crippen molar-refractivity contribution < 1.29 is 22.3 Å². The zero-order valence-corrected chi connectivity index (χ0v) is 11.2. The van der Waals surface area contributed by atoms with E-state index in [2.05, 4.69) is 4.72 Å². The van der Waals surface area contributed by atoms with Gasteiger partial charge in [-0.1, -0.05) is 0 Å². The Bertz CT molecular complexity index is 549. The number of nitrogens with one attached hydrogen (secondary N) is 1. The topological polar surface area (TPSA) is 92.4 Å². The Morgan fingerprint density at radius 3 is 2.63 bits per heavy atom. The number of sulfonamides is 1. The Hall–Kier alpha value is -1.25. The SMILES string of the molecule is CC(CCCO)NS(=O)(=O)c1ccc(F)c(N)c1F. The second kappa shape index (κ2) is 6.27. The van der Waals surface area contributed by atoms with E-state index >= 15 is 0 Å². The minimum atomic E-state index is -4.11. The van der Waals surface area contributed by atoms with Crippen molar-refractivity contribution >= 4 is 15.7 Å². The maximum absolute atomic E-state index is 13.6. The molecule has 8 heteroatoms. The van der Waals surface area contributed by atoms with Crippen LogP contribution in [0, 0.1) is 11.6 Å². The summed E-state index contributed by atoms with van der Waals surface area (Å²) < 4.78 is 52.6. The molecule has 0 saturated carbocycles. The van der Waals surface area contributed by atoms with E-state index in [0.29, 0.717) is 12.8 Å². The lowest BCUT2D eigenvalue weighted by molar-refractivity contribution is 0.279. The van der Waals surface area contributed by atoms with Crippen LogP contribution in [0.15, 0.2) is 17.0 Å². The molecule has 1 aromatic rings. The minimum Gasteiger partial charge on any atom is -0.396 e. The van der Waals surface area contributed by atoms with Crippen molar-refractivity contribution in [3.05, 3.63) is 23.8 Å². The molecule has 5 nitrogen and oxygen atoms in total. The summed E-state index contributed by atoms with van der Waals surface area (Å²) >= 11 is 0. The van der Waals surface area contributed by atoms with Gasteiger partial charge in [0, 0.05) is 12.6 Å². The Balaban J connectivity index is 2.98. The number of anilines is 1. The van der Waals surface area contributed by atoms with Crippen molar-refractivity contribution in [3.63, 3.8) is 0 Å². The van der Waals surface area contributed by atoms with Gasteiger partial charge in [-0.15, -0.1) is 0 Å². The highest BCUT2D eigenvalue weighted by atomic mass is 32.2. The number of benzene rings is 1. The van der Waals surface area contributed by atoms with Crippen molar-refractivity contribution in [3.8, 4) is 0 Å². The third kappa shape index (κ3) is 3.85. The second-order valence-corrected chi connectivity index (χ2v) is 5.84. The standard InChI is InChI=1S/C11H16F2N2O3S/c1-7(3-2-6-16)15-19(17,18)9-5-4-8(12)11(14)10(9)13/h4-5,7,15-16H,2-3,6,14H2,1H3. The summed E-state index contributed by atoms with van der Waals surface area (Å²) in [5, 5.41) is 8.65. The summed E-state index contributed by atoms with van der Waals surface area (Å²) in [6, 6.07) is 1.14. The smallest absolute Gasteiger partial charge is 0.243 e. The number of nitrogens with two attached hydrogens (primary N) is 1. The monoisotopic (exact) mass is 294 g/mol. The van der Waals surface area contributed by atoms with Crippen molar-refractivity contribution in [1.29, 1.82) is 0 Å². The lowest BCUT2D eigenvalue weighted by atomic mass is 10.2. The van der Waals surface area contributed by atoms with Crippen LogP contribution in [0.2, 0.25) is 0 Å². The highest BCUT2D eigenvalue weighted by Crippen LogP contribution is 2.22. The Morgan fingerprint density at radius 1 is 1.42 bits per heavy atom. The van der Waals surface area contributed by atoms with Gasteiger partial charge < -0.3 is 10.8 Å². The third-order valence-corrected chi connectivity index (χ3v) is 4.14. The quantitative estimate of drug-likeness (QED) is 0.682. The van der Waals surface area contributed by atoms with Gasteiger partial charge in [0.25, 0.3) is 0 Å². The van der Waals surface area contributed by atoms with Gasteiger partial charge in [0.1, 0.15) is 16.4 Å². The largest absolute Gasteiger partial charge is 0.396 e. The van der Waals surface area contributed by atoms with E-state index in [-0.39, 0.29) is 6.61 Å². The first-order valence-electron chi connectivity index (χ1n) is 5.66. The normalized spacial score (nSPS) is 13.5. The molecule has 108 valence electrons. The fourth-order valence-corrected chi connectivity index (χ4v) is 2.91. The molecule has 1 aromatic carbocycles. The molecule has 0 radical (unpaired) electrons. The van der Waals surface area contributed by atoms with Crippen molar-refractivity contribution in [2.24, 2.45) is 0 Å². The zero-order chi connectivity index (χ0) is 14.6. The molecule has 19 heavy (non-hydrogen) atoms. The number of rotatable bonds is 6. The summed E-state index contributed by atoms with van der Waals surface area (Å²) in [7, 11) is -4.11. The van der Waals surface area contributed by atoms with Crippen molar-refractivity contribution in [2.75, 3.05) is 12.3 Å². The van der Waals surface area contributed by atoms with Crippen LogP contribution in [0.4, 0.5) is 14.5 Å². The maximum Gasteiger partial charge on any atom is 0.243 e. The number of aliphatic hydroxyl groups is 1. The van der Waals surface area contributed by atoms with Crippen LogP contribution in [-0.2, 0) is 10.0 Å². The Labute approximate surface area is 110 Å². The number of halogens is 2. The lowest BCUT2D eigenvalue weighted by Crippen LogP contribution is -2.33.